The number of fused-ring (bicyclic) bond motifs is 2. The zero-order chi connectivity index (χ0) is 12.2. The van der Waals surface area contributed by atoms with Crippen molar-refractivity contribution in [2.75, 3.05) is 0 Å². The fraction of sp³-hybridized carbons (Fsp3) is 0.786. The molecule has 0 aromatic carbocycles. The first-order valence-corrected chi connectivity index (χ1v) is 6.77. The topological polar surface area (TPSA) is 37.8 Å². The Morgan fingerprint density at radius 1 is 1.29 bits per heavy atom. The molecule has 0 saturated heterocycles. The molecule has 17 heavy (non-hydrogen) atoms. The van der Waals surface area contributed by atoms with Gasteiger partial charge in [-0.3, -0.25) is 4.57 Å². The maximum Gasteiger partial charge on any atom is 0.325 e. The molecule has 3 heteroatoms. The molecule has 0 unspecified atom stereocenters. The first-order chi connectivity index (χ1) is 7.95. The molecule has 2 aliphatic carbocycles. The minimum atomic E-state index is 0.0298. The van der Waals surface area contributed by atoms with Crippen LogP contribution >= 0.6 is 0 Å². The van der Waals surface area contributed by atoms with Gasteiger partial charge in [-0.05, 0) is 31.1 Å². The van der Waals surface area contributed by atoms with Crippen molar-refractivity contribution >= 4 is 0 Å². The van der Waals surface area contributed by atoms with Crippen LogP contribution in [0.4, 0.5) is 0 Å². The number of hydrogen-bond donors (Lipinski definition) is 1. The number of nitrogens with one attached hydrogen (secondary N) is 1. The second kappa shape index (κ2) is 3.50. The van der Waals surface area contributed by atoms with E-state index < -0.39 is 0 Å². The van der Waals surface area contributed by atoms with Crippen molar-refractivity contribution in [2.45, 2.75) is 57.9 Å². The molecule has 2 aliphatic rings. The van der Waals surface area contributed by atoms with Crippen molar-refractivity contribution in [1.29, 1.82) is 0 Å². The summed E-state index contributed by atoms with van der Waals surface area (Å²) in [6.45, 7) is 6.43. The molecular weight excluding hydrogens is 212 g/mol. The third-order valence-electron chi connectivity index (χ3n) is 4.61. The standard InChI is InChI=1S/C14H22N2O/c1-14(2,3)12-8-16(13(17)15-12)11-7-9-4-5-10(11)6-9/h8-11H,4-7H2,1-3H3,(H,15,17)/t9-,10-,11-/m0/s1. The maximum absolute atomic E-state index is 12.1. The predicted molar refractivity (Wildman–Crippen MR) is 68.2 cm³/mol. The normalized spacial score (nSPS) is 32.3. The number of aromatic amines is 1. The SMILES string of the molecule is CC(C)(C)c1cn([C@H]2C[C@H]3CC[C@H]2C3)c(=O)[nH]1. The van der Waals surface area contributed by atoms with Gasteiger partial charge in [-0.2, -0.15) is 0 Å². The molecule has 2 saturated carbocycles. The van der Waals surface area contributed by atoms with E-state index in [0.29, 0.717) is 6.04 Å². The molecule has 0 aliphatic heterocycles. The van der Waals surface area contributed by atoms with Gasteiger partial charge in [0.15, 0.2) is 0 Å². The van der Waals surface area contributed by atoms with Gasteiger partial charge in [0.25, 0.3) is 0 Å². The molecule has 3 nitrogen and oxygen atoms in total. The van der Waals surface area contributed by atoms with E-state index in [1.54, 1.807) is 0 Å². The van der Waals surface area contributed by atoms with Crippen LogP contribution in [-0.4, -0.2) is 9.55 Å². The summed E-state index contributed by atoms with van der Waals surface area (Å²) in [5.41, 5.74) is 1.18. The van der Waals surface area contributed by atoms with Gasteiger partial charge >= 0.3 is 5.69 Å². The Labute approximate surface area is 102 Å². The molecule has 1 N–H and O–H groups in total. The Morgan fingerprint density at radius 2 is 2.06 bits per heavy atom. The summed E-state index contributed by atoms with van der Waals surface area (Å²) in [7, 11) is 0. The van der Waals surface area contributed by atoms with Gasteiger partial charge in [-0.25, -0.2) is 4.79 Å². The van der Waals surface area contributed by atoms with Crippen molar-refractivity contribution in [2.24, 2.45) is 11.8 Å². The van der Waals surface area contributed by atoms with E-state index in [0.717, 1.165) is 17.5 Å². The summed E-state index contributed by atoms with van der Waals surface area (Å²) < 4.78 is 1.98. The molecule has 3 atom stereocenters. The number of aromatic nitrogens is 2. The lowest BCUT2D eigenvalue weighted by atomic mass is 9.92. The van der Waals surface area contributed by atoms with E-state index in [1.807, 2.05) is 4.57 Å². The maximum atomic E-state index is 12.1. The highest BCUT2D eigenvalue weighted by Crippen LogP contribution is 2.50. The van der Waals surface area contributed by atoms with Crippen molar-refractivity contribution in [3.8, 4) is 0 Å². The van der Waals surface area contributed by atoms with E-state index in [2.05, 4.69) is 32.0 Å². The highest BCUT2D eigenvalue weighted by molar-refractivity contribution is 5.11. The van der Waals surface area contributed by atoms with Crippen LogP contribution in [0.5, 0.6) is 0 Å². The number of nitrogens with zero attached hydrogens (tertiary/aromatic N) is 1. The van der Waals surface area contributed by atoms with Gasteiger partial charge in [0, 0.05) is 23.3 Å². The van der Waals surface area contributed by atoms with E-state index in [1.165, 1.54) is 25.7 Å². The molecule has 1 heterocycles. The molecule has 1 aromatic rings. The molecule has 0 spiro atoms. The average Bonchev–Trinajstić information content (AvgIpc) is 2.88. The molecule has 3 rings (SSSR count). The van der Waals surface area contributed by atoms with Crippen LogP contribution in [0.25, 0.3) is 0 Å². The van der Waals surface area contributed by atoms with Crippen LogP contribution in [0.3, 0.4) is 0 Å². The zero-order valence-corrected chi connectivity index (χ0v) is 11.0. The zero-order valence-electron chi connectivity index (χ0n) is 11.0. The van der Waals surface area contributed by atoms with Crippen LogP contribution in [0, 0.1) is 11.8 Å². The van der Waals surface area contributed by atoms with Gasteiger partial charge in [-0.1, -0.05) is 27.2 Å². The highest BCUT2D eigenvalue weighted by atomic mass is 16.1. The van der Waals surface area contributed by atoms with E-state index in [9.17, 15) is 4.79 Å². The van der Waals surface area contributed by atoms with Gasteiger partial charge in [0.2, 0.25) is 0 Å². The Morgan fingerprint density at radius 3 is 2.53 bits per heavy atom. The second-order valence-corrected chi connectivity index (χ2v) is 6.87. The first-order valence-electron chi connectivity index (χ1n) is 6.77. The first kappa shape index (κ1) is 11.1. The molecule has 2 bridgehead atoms. The molecule has 0 amide bonds. The van der Waals surface area contributed by atoms with Gasteiger partial charge in [0.1, 0.15) is 0 Å². The average molecular weight is 234 g/mol. The summed E-state index contributed by atoms with van der Waals surface area (Å²) in [5.74, 6) is 1.63. The summed E-state index contributed by atoms with van der Waals surface area (Å²) in [6, 6.07) is 0.466. The smallest absolute Gasteiger partial charge is 0.309 e. The minimum Gasteiger partial charge on any atom is -0.309 e. The summed E-state index contributed by atoms with van der Waals surface area (Å²) >= 11 is 0. The molecule has 0 radical (unpaired) electrons. The van der Waals surface area contributed by atoms with Gasteiger partial charge in [-0.15, -0.1) is 0 Å². The quantitative estimate of drug-likeness (QED) is 0.797. The predicted octanol–water partition coefficient (Wildman–Crippen LogP) is 2.84. The Bertz CT molecular complexity index is 477. The lowest BCUT2D eigenvalue weighted by Gasteiger charge is -2.22. The summed E-state index contributed by atoms with van der Waals surface area (Å²) in [6.07, 6.45) is 7.32. The van der Waals surface area contributed by atoms with Crippen LogP contribution in [0.1, 0.15) is 58.2 Å². The lowest BCUT2D eigenvalue weighted by molar-refractivity contribution is 0.323. The van der Waals surface area contributed by atoms with Crippen molar-refractivity contribution in [1.82, 2.24) is 9.55 Å². The van der Waals surface area contributed by atoms with E-state index in [4.69, 9.17) is 0 Å². The second-order valence-electron chi connectivity index (χ2n) is 6.87. The molecular formula is C14H22N2O. The minimum absolute atomic E-state index is 0.0298. The van der Waals surface area contributed by atoms with Crippen molar-refractivity contribution in [3.05, 3.63) is 22.4 Å². The summed E-state index contributed by atoms with van der Waals surface area (Å²) in [5, 5.41) is 0. The third-order valence-corrected chi connectivity index (χ3v) is 4.61. The number of hydrogen-bond acceptors (Lipinski definition) is 1. The molecule has 1 aromatic heterocycles. The van der Waals surface area contributed by atoms with Crippen LogP contribution in [0.15, 0.2) is 11.0 Å². The Hall–Kier alpha value is -0.990. The summed E-state index contributed by atoms with van der Waals surface area (Å²) in [4.78, 5) is 15.1. The van der Waals surface area contributed by atoms with Crippen molar-refractivity contribution < 1.29 is 0 Å². The van der Waals surface area contributed by atoms with Gasteiger partial charge in [0.05, 0.1) is 0 Å². The van der Waals surface area contributed by atoms with E-state index >= 15 is 0 Å². The fourth-order valence-electron chi connectivity index (χ4n) is 3.59. The molecule has 2 fully saturated rings. The number of H-pyrrole nitrogens is 1. The van der Waals surface area contributed by atoms with Crippen molar-refractivity contribution in [3.63, 3.8) is 0 Å². The Kier molecular flexibility index (Phi) is 2.29. The monoisotopic (exact) mass is 234 g/mol. The van der Waals surface area contributed by atoms with Crippen LogP contribution in [0.2, 0.25) is 0 Å². The van der Waals surface area contributed by atoms with Crippen LogP contribution < -0.4 is 5.69 Å². The van der Waals surface area contributed by atoms with Gasteiger partial charge < -0.3 is 4.98 Å². The Balaban J connectivity index is 1.94. The highest BCUT2D eigenvalue weighted by Gasteiger charge is 2.41. The fourth-order valence-corrected chi connectivity index (χ4v) is 3.59. The lowest BCUT2D eigenvalue weighted by Crippen LogP contribution is -2.25. The van der Waals surface area contributed by atoms with E-state index in [-0.39, 0.29) is 11.1 Å². The third kappa shape index (κ3) is 1.76. The molecule has 94 valence electrons. The van der Waals surface area contributed by atoms with Crippen LogP contribution in [-0.2, 0) is 5.41 Å². The number of imidazole rings is 1. The number of rotatable bonds is 1. The largest absolute Gasteiger partial charge is 0.325 e.